The average Bonchev–Trinajstić information content (AvgIpc) is 2.55. The summed E-state index contributed by atoms with van der Waals surface area (Å²) >= 11 is 0. The van der Waals surface area contributed by atoms with E-state index in [4.69, 9.17) is 5.11 Å². The van der Waals surface area contributed by atoms with Gasteiger partial charge in [-0.2, -0.15) is 0 Å². The third kappa shape index (κ3) is 4.04. The van der Waals surface area contributed by atoms with Gasteiger partial charge in [0.1, 0.15) is 0 Å². The zero-order chi connectivity index (χ0) is 17.0. The third-order valence-corrected chi connectivity index (χ3v) is 6.35. The summed E-state index contributed by atoms with van der Waals surface area (Å²) in [6.07, 6.45) is 12.5. The summed E-state index contributed by atoms with van der Waals surface area (Å²) in [5, 5.41) is 29.8. The summed E-state index contributed by atoms with van der Waals surface area (Å²) in [7, 11) is 0. The van der Waals surface area contributed by atoms with Crippen LogP contribution in [0.2, 0.25) is 0 Å². The topological polar surface area (TPSA) is 60.7 Å². The van der Waals surface area contributed by atoms with E-state index in [0.29, 0.717) is 18.3 Å². The predicted octanol–water partition coefficient (Wildman–Crippen LogP) is 3.18. The van der Waals surface area contributed by atoms with Crippen LogP contribution in [-0.2, 0) is 0 Å². The molecule has 0 spiro atoms. The van der Waals surface area contributed by atoms with Crippen LogP contribution in [-0.4, -0.2) is 33.6 Å². The van der Waals surface area contributed by atoms with E-state index in [-0.39, 0.29) is 18.6 Å². The van der Waals surface area contributed by atoms with E-state index in [1.54, 1.807) is 0 Å². The van der Waals surface area contributed by atoms with Gasteiger partial charge >= 0.3 is 0 Å². The number of aliphatic hydroxyl groups excluding tert-OH is 2. The molecule has 0 aliphatic heterocycles. The minimum atomic E-state index is -0.584. The van der Waals surface area contributed by atoms with Crippen LogP contribution in [0.5, 0.6) is 0 Å². The second-order valence-electron chi connectivity index (χ2n) is 8.07. The Balaban J connectivity index is 1.57. The second kappa shape index (κ2) is 8.04. The van der Waals surface area contributed by atoms with Crippen LogP contribution in [0.4, 0.5) is 0 Å². The lowest BCUT2D eigenvalue weighted by molar-refractivity contribution is 0.00696. The monoisotopic (exact) mass is 332 g/mol. The van der Waals surface area contributed by atoms with E-state index in [2.05, 4.69) is 17.9 Å². The van der Waals surface area contributed by atoms with E-state index < -0.39 is 5.60 Å². The van der Waals surface area contributed by atoms with Gasteiger partial charge in [-0.15, -0.1) is 0 Å². The predicted molar refractivity (Wildman–Crippen MR) is 95.2 cm³/mol. The molecule has 3 saturated carbocycles. The summed E-state index contributed by atoms with van der Waals surface area (Å²) in [4.78, 5) is 0. The van der Waals surface area contributed by atoms with Gasteiger partial charge in [-0.1, -0.05) is 42.8 Å². The van der Waals surface area contributed by atoms with E-state index in [9.17, 15) is 10.2 Å². The molecule has 3 aliphatic rings. The van der Waals surface area contributed by atoms with Crippen molar-refractivity contribution in [1.82, 2.24) is 0 Å². The van der Waals surface area contributed by atoms with Crippen molar-refractivity contribution in [3.63, 3.8) is 0 Å². The first-order valence-electron chi connectivity index (χ1n) is 9.81. The fourth-order valence-corrected chi connectivity index (χ4v) is 4.81. The molecular weight excluding hydrogens is 300 g/mol. The molecule has 4 unspecified atom stereocenters. The fourth-order valence-electron chi connectivity index (χ4n) is 4.81. The number of rotatable bonds is 4. The molecule has 0 bridgehead atoms. The van der Waals surface area contributed by atoms with Crippen molar-refractivity contribution in [3.05, 3.63) is 11.6 Å². The van der Waals surface area contributed by atoms with Gasteiger partial charge < -0.3 is 15.3 Å². The largest absolute Gasteiger partial charge is 0.396 e. The van der Waals surface area contributed by atoms with Gasteiger partial charge in [-0.25, -0.2) is 0 Å². The van der Waals surface area contributed by atoms with E-state index in [0.717, 1.165) is 57.8 Å². The van der Waals surface area contributed by atoms with Crippen LogP contribution in [0.15, 0.2) is 11.6 Å². The quantitative estimate of drug-likeness (QED) is 0.421. The maximum atomic E-state index is 10.6. The maximum Gasteiger partial charge on any atom is 0.0756 e. The van der Waals surface area contributed by atoms with Crippen molar-refractivity contribution in [3.8, 4) is 11.8 Å². The lowest BCUT2D eigenvalue weighted by Gasteiger charge is -2.48. The number of hydrogen-bond donors (Lipinski definition) is 3. The van der Waals surface area contributed by atoms with Crippen LogP contribution in [0.25, 0.3) is 0 Å². The molecule has 0 aromatic carbocycles. The Labute approximate surface area is 146 Å². The van der Waals surface area contributed by atoms with Gasteiger partial charge in [0, 0.05) is 18.9 Å². The molecule has 0 saturated heterocycles. The van der Waals surface area contributed by atoms with Crippen molar-refractivity contribution in [2.75, 3.05) is 6.61 Å². The molecule has 0 radical (unpaired) electrons. The Morgan fingerprint density at radius 1 is 1.17 bits per heavy atom. The molecule has 3 heteroatoms. The summed E-state index contributed by atoms with van der Waals surface area (Å²) in [5.74, 6) is 7.72. The summed E-state index contributed by atoms with van der Waals surface area (Å²) in [5.41, 5.74) is 0.928. The fraction of sp³-hybridized carbons (Fsp3) is 0.810. The first-order chi connectivity index (χ1) is 11.6. The molecule has 3 rings (SSSR count). The summed E-state index contributed by atoms with van der Waals surface area (Å²) in [6.45, 7) is 0.258. The Morgan fingerprint density at radius 3 is 2.71 bits per heavy atom. The Kier molecular flexibility index (Phi) is 6.02. The lowest BCUT2D eigenvalue weighted by atomic mass is 9.57. The summed E-state index contributed by atoms with van der Waals surface area (Å²) < 4.78 is 0. The van der Waals surface area contributed by atoms with Crippen molar-refractivity contribution in [1.29, 1.82) is 0 Å². The van der Waals surface area contributed by atoms with Crippen molar-refractivity contribution in [2.24, 2.45) is 17.8 Å². The normalized spacial score (nSPS) is 36.4. The van der Waals surface area contributed by atoms with Crippen molar-refractivity contribution >= 4 is 0 Å². The molecular formula is C21H32O3. The van der Waals surface area contributed by atoms with Crippen LogP contribution in [0.1, 0.15) is 70.6 Å². The van der Waals surface area contributed by atoms with Gasteiger partial charge in [0.05, 0.1) is 11.7 Å². The number of allylic oxidation sites excluding steroid dienone is 2. The highest BCUT2D eigenvalue weighted by Gasteiger charge is 2.46. The average molecular weight is 332 g/mol. The molecule has 0 aromatic rings. The molecule has 0 aromatic heterocycles. The Morgan fingerprint density at radius 2 is 1.96 bits per heavy atom. The zero-order valence-corrected chi connectivity index (χ0v) is 14.7. The SMILES string of the molecule is OCCC/C=C1\CC2C1CCC(O)C2C#CCC1(O)CCCCC1. The number of unbranched alkanes of at least 4 members (excludes halogenated alkanes) is 1. The highest BCUT2D eigenvalue weighted by Crippen LogP contribution is 2.51. The zero-order valence-electron chi connectivity index (χ0n) is 14.7. The van der Waals surface area contributed by atoms with Crippen LogP contribution >= 0.6 is 0 Å². The molecule has 24 heavy (non-hydrogen) atoms. The number of fused-ring (bicyclic) bond motifs is 1. The first kappa shape index (κ1) is 18.0. The lowest BCUT2D eigenvalue weighted by Crippen LogP contribution is -2.44. The smallest absolute Gasteiger partial charge is 0.0756 e. The number of aliphatic hydroxyl groups is 3. The number of hydrogen-bond acceptors (Lipinski definition) is 3. The van der Waals surface area contributed by atoms with Gasteiger partial charge in [-0.3, -0.25) is 0 Å². The van der Waals surface area contributed by atoms with E-state index in [1.165, 1.54) is 12.0 Å². The maximum absolute atomic E-state index is 10.6. The standard InChI is InChI=1S/C21H32O3/c22-14-5-2-7-16-15-19-17(16)9-10-20(23)18(19)8-6-13-21(24)11-3-1-4-12-21/h7,17-20,22-24H,1-5,9-15H2/b16-7+. The second-order valence-corrected chi connectivity index (χ2v) is 8.07. The van der Waals surface area contributed by atoms with Gasteiger partial charge in [0.25, 0.3) is 0 Å². The van der Waals surface area contributed by atoms with Gasteiger partial charge in [0.2, 0.25) is 0 Å². The minimum absolute atomic E-state index is 0.0749. The summed E-state index contributed by atoms with van der Waals surface area (Å²) in [6, 6.07) is 0. The van der Waals surface area contributed by atoms with Crippen LogP contribution in [0.3, 0.4) is 0 Å². The molecule has 3 fully saturated rings. The van der Waals surface area contributed by atoms with Gasteiger partial charge in [0.15, 0.2) is 0 Å². The van der Waals surface area contributed by atoms with E-state index >= 15 is 0 Å². The van der Waals surface area contributed by atoms with Gasteiger partial charge in [-0.05, 0) is 56.8 Å². The minimum Gasteiger partial charge on any atom is -0.396 e. The van der Waals surface area contributed by atoms with Crippen molar-refractivity contribution < 1.29 is 15.3 Å². The molecule has 3 aliphatic carbocycles. The molecule has 3 nitrogen and oxygen atoms in total. The highest BCUT2D eigenvalue weighted by molar-refractivity contribution is 5.26. The molecule has 4 atom stereocenters. The highest BCUT2D eigenvalue weighted by atomic mass is 16.3. The third-order valence-electron chi connectivity index (χ3n) is 6.35. The molecule has 3 N–H and O–H groups in total. The van der Waals surface area contributed by atoms with E-state index in [1.807, 2.05) is 0 Å². The molecule has 0 heterocycles. The molecule has 0 amide bonds. The Hall–Kier alpha value is -0.820. The first-order valence-corrected chi connectivity index (χ1v) is 9.81. The molecule has 134 valence electrons. The Bertz CT molecular complexity index is 507. The van der Waals surface area contributed by atoms with Crippen molar-refractivity contribution in [2.45, 2.75) is 82.3 Å². The van der Waals surface area contributed by atoms with Crippen LogP contribution in [0, 0.1) is 29.6 Å². The van der Waals surface area contributed by atoms with Crippen LogP contribution < -0.4 is 0 Å².